The summed E-state index contributed by atoms with van der Waals surface area (Å²) in [6.07, 6.45) is 4.74. The number of hydrogen-bond donors (Lipinski definition) is 1. The number of ether oxygens (including phenoxy) is 1. The summed E-state index contributed by atoms with van der Waals surface area (Å²) < 4.78 is 20.0. The van der Waals surface area contributed by atoms with Crippen molar-refractivity contribution < 1.29 is 9.13 Å². The molecule has 1 aromatic carbocycles. The Labute approximate surface area is 131 Å². The Balaban J connectivity index is 2.16. The molecule has 0 heterocycles. The molecule has 2 rings (SSSR count). The quantitative estimate of drug-likeness (QED) is 0.878. The van der Waals surface area contributed by atoms with Gasteiger partial charge in [0.2, 0.25) is 0 Å². The number of nitrogens with two attached hydrogens (primary N) is 1. The van der Waals surface area contributed by atoms with Gasteiger partial charge in [0.1, 0.15) is 5.82 Å². The highest BCUT2D eigenvalue weighted by atomic mass is 35.5. The highest BCUT2D eigenvalue weighted by Crippen LogP contribution is 2.38. The highest BCUT2D eigenvalue weighted by molar-refractivity contribution is 6.30. The number of halogens is 2. The van der Waals surface area contributed by atoms with E-state index in [1.807, 2.05) is 6.92 Å². The molecular formula is C17H25ClFNO. The van der Waals surface area contributed by atoms with E-state index in [-0.39, 0.29) is 17.5 Å². The molecule has 0 aromatic heterocycles. The molecule has 2 N–H and O–H groups in total. The minimum absolute atomic E-state index is 0.198. The van der Waals surface area contributed by atoms with Gasteiger partial charge in [-0.05, 0) is 49.8 Å². The summed E-state index contributed by atoms with van der Waals surface area (Å²) in [7, 11) is 0. The molecule has 0 aliphatic heterocycles. The predicted octanol–water partition coefficient (Wildman–Crippen LogP) is 4.33. The van der Waals surface area contributed by atoms with Gasteiger partial charge in [-0.15, -0.1) is 0 Å². The number of benzene rings is 1. The van der Waals surface area contributed by atoms with Crippen LogP contribution >= 0.6 is 11.6 Å². The fraction of sp³-hybridized carbons (Fsp3) is 0.647. The molecule has 1 aliphatic carbocycles. The smallest absolute Gasteiger partial charge is 0.127 e. The summed E-state index contributed by atoms with van der Waals surface area (Å²) in [5.41, 5.74) is 6.74. The Morgan fingerprint density at radius 1 is 1.52 bits per heavy atom. The number of hydrogen-bond acceptors (Lipinski definition) is 2. The maximum absolute atomic E-state index is 14.0. The van der Waals surface area contributed by atoms with Crippen LogP contribution in [0.15, 0.2) is 18.2 Å². The first-order chi connectivity index (χ1) is 9.97. The van der Waals surface area contributed by atoms with Crippen LogP contribution in [0.1, 0.15) is 45.1 Å². The molecule has 3 unspecified atom stereocenters. The van der Waals surface area contributed by atoms with Crippen molar-refractivity contribution in [2.24, 2.45) is 11.7 Å². The summed E-state index contributed by atoms with van der Waals surface area (Å²) in [6, 6.07) is 4.59. The SMILES string of the molecule is CCOC1(C(N)Cc2ccc(Cl)cc2F)CCCC(C)C1. The molecule has 118 valence electrons. The largest absolute Gasteiger partial charge is 0.374 e. The molecule has 21 heavy (non-hydrogen) atoms. The van der Waals surface area contributed by atoms with E-state index in [2.05, 4.69) is 6.92 Å². The molecule has 0 amide bonds. The van der Waals surface area contributed by atoms with Crippen molar-refractivity contribution in [3.63, 3.8) is 0 Å². The van der Waals surface area contributed by atoms with Crippen molar-refractivity contribution >= 4 is 11.6 Å². The van der Waals surface area contributed by atoms with Crippen LogP contribution in [-0.2, 0) is 11.2 Å². The van der Waals surface area contributed by atoms with Crippen LogP contribution in [-0.4, -0.2) is 18.2 Å². The van der Waals surface area contributed by atoms with Gasteiger partial charge in [-0.1, -0.05) is 37.4 Å². The van der Waals surface area contributed by atoms with Gasteiger partial charge in [-0.2, -0.15) is 0 Å². The molecule has 0 saturated heterocycles. The van der Waals surface area contributed by atoms with Gasteiger partial charge in [0.05, 0.1) is 5.60 Å². The van der Waals surface area contributed by atoms with Crippen LogP contribution in [0.5, 0.6) is 0 Å². The standard InChI is InChI=1S/C17H25ClFNO/c1-3-21-17(8-4-5-12(2)11-17)16(20)9-13-6-7-14(18)10-15(13)19/h6-7,10,12,16H,3-5,8-9,11,20H2,1-2H3. The molecular weight excluding hydrogens is 289 g/mol. The lowest BCUT2D eigenvalue weighted by Crippen LogP contribution is -2.53. The summed E-state index contributed by atoms with van der Waals surface area (Å²) in [6.45, 7) is 4.88. The van der Waals surface area contributed by atoms with E-state index in [0.29, 0.717) is 29.5 Å². The average molecular weight is 314 g/mol. The second-order valence-corrected chi connectivity index (χ2v) is 6.68. The zero-order chi connectivity index (χ0) is 15.5. The summed E-state index contributed by atoms with van der Waals surface area (Å²) in [5, 5.41) is 0.413. The van der Waals surface area contributed by atoms with Gasteiger partial charge in [-0.25, -0.2) is 4.39 Å². The van der Waals surface area contributed by atoms with Crippen molar-refractivity contribution in [2.45, 2.75) is 57.6 Å². The topological polar surface area (TPSA) is 35.2 Å². The van der Waals surface area contributed by atoms with Crippen LogP contribution in [0.4, 0.5) is 4.39 Å². The Morgan fingerprint density at radius 2 is 2.29 bits per heavy atom. The van der Waals surface area contributed by atoms with Crippen LogP contribution < -0.4 is 5.73 Å². The van der Waals surface area contributed by atoms with Crippen molar-refractivity contribution in [3.05, 3.63) is 34.6 Å². The zero-order valence-electron chi connectivity index (χ0n) is 12.9. The molecule has 1 aromatic rings. The fourth-order valence-electron chi connectivity index (χ4n) is 3.52. The first kappa shape index (κ1) is 16.7. The third kappa shape index (κ3) is 3.97. The van der Waals surface area contributed by atoms with Crippen LogP contribution in [0.2, 0.25) is 5.02 Å². The average Bonchev–Trinajstić information content (AvgIpc) is 2.42. The molecule has 0 bridgehead atoms. The monoisotopic (exact) mass is 313 g/mol. The minimum Gasteiger partial charge on any atom is -0.374 e. The van der Waals surface area contributed by atoms with E-state index in [1.54, 1.807) is 12.1 Å². The van der Waals surface area contributed by atoms with Gasteiger partial charge >= 0.3 is 0 Å². The molecule has 1 fully saturated rings. The predicted molar refractivity (Wildman–Crippen MR) is 85.1 cm³/mol. The Bertz CT molecular complexity index is 478. The molecule has 1 saturated carbocycles. The Hall–Kier alpha value is -0.640. The molecule has 4 heteroatoms. The van der Waals surface area contributed by atoms with Crippen molar-refractivity contribution in [3.8, 4) is 0 Å². The molecule has 0 spiro atoms. The third-order valence-electron chi connectivity index (χ3n) is 4.55. The van der Waals surface area contributed by atoms with Gasteiger partial charge < -0.3 is 10.5 Å². The Kier molecular flexibility index (Phi) is 5.64. The van der Waals surface area contributed by atoms with E-state index in [9.17, 15) is 4.39 Å². The maximum Gasteiger partial charge on any atom is 0.127 e. The van der Waals surface area contributed by atoms with Crippen molar-refractivity contribution in [1.29, 1.82) is 0 Å². The van der Waals surface area contributed by atoms with E-state index >= 15 is 0 Å². The third-order valence-corrected chi connectivity index (χ3v) is 4.79. The van der Waals surface area contributed by atoms with Crippen LogP contribution in [0, 0.1) is 11.7 Å². The van der Waals surface area contributed by atoms with Crippen LogP contribution in [0.3, 0.4) is 0 Å². The molecule has 2 nitrogen and oxygen atoms in total. The van der Waals surface area contributed by atoms with Crippen LogP contribution in [0.25, 0.3) is 0 Å². The van der Waals surface area contributed by atoms with E-state index in [0.717, 1.165) is 19.3 Å². The lowest BCUT2D eigenvalue weighted by Gasteiger charge is -2.44. The second-order valence-electron chi connectivity index (χ2n) is 6.25. The summed E-state index contributed by atoms with van der Waals surface area (Å²) in [4.78, 5) is 0. The second kappa shape index (κ2) is 7.08. The molecule has 1 aliphatic rings. The van der Waals surface area contributed by atoms with E-state index in [1.165, 1.54) is 12.5 Å². The first-order valence-corrected chi connectivity index (χ1v) is 8.18. The van der Waals surface area contributed by atoms with Gasteiger partial charge in [0.25, 0.3) is 0 Å². The summed E-state index contributed by atoms with van der Waals surface area (Å²) >= 11 is 5.80. The molecule has 0 radical (unpaired) electrons. The number of rotatable bonds is 5. The zero-order valence-corrected chi connectivity index (χ0v) is 13.6. The normalized spacial score (nSPS) is 27.6. The van der Waals surface area contributed by atoms with Gasteiger partial charge in [-0.3, -0.25) is 0 Å². The van der Waals surface area contributed by atoms with Gasteiger partial charge in [0, 0.05) is 17.7 Å². The lowest BCUT2D eigenvalue weighted by molar-refractivity contribution is -0.0926. The summed E-state index contributed by atoms with van der Waals surface area (Å²) in [5.74, 6) is 0.319. The minimum atomic E-state index is -0.321. The van der Waals surface area contributed by atoms with E-state index < -0.39 is 0 Å². The van der Waals surface area contributed by atoms with Gasteiger partial charge in [0.15, 0.2) is 0 Å². The lowest BCUT2D eigenvalue weighted by atomic mass is 9.73. The van der Waals surface area contributed by atoms with Crippen molar-refractivity contribution in [1.82, 2.24) is 0 Å². The van der Waals surface area contributed by atoms with E-state index in [4.69, 9.17) is 22.1 Å². The maximum atomic E-state index is 14.0. The fourth-order valence-corrected chi connectivity index (χ4v) is 3.68. The molecule has 3 atom stereocenters. The highest BCUT2D eigenvalue weighted by Gasteiger charge is 2.41. The first-order valence-electron chi connectivity index (χ1n) is 7.80. The Morgan fingerprint density at radius 3 is 2.90 bits per heavy atom. The van der Waals surface area contributed by atoms with Crippen molar-refractivity contribution in [2.75, 3.05) is 6.61 Å².